The summed E-state index contributed by atoms with van der Waals surface area (Å²) in [5.74, 6) is 0.584. The number of benzene rings is 1. The first kappa shape index (κ1) is 14.2. The van der Waals surface area contributed by atoms with Crippen molar-refractivity contribution in [3.63, 3.8) is 0 Å². The van der Waals surface area contributed by atoms with Gasteiger partial charge in [0.15, 0.2) is 0 Å². The zero-order valence-corrected chi connectivity index (χ0v) is 12.7. The van der Waals surface area contributed by atoms with E-state index in [-0.39, 0.29) is 5.54 Å². The topological polar surface area (TPSA) is 24.9 Å². The second-order valence-electron chi connectivity index (χ2n) is 5.49. The number of aromatic nitrogens is 1. The lowest BCUT2D eigenvalue weighted by Crippen LogP contribution is -2.37. The summed E-state index contributed by atoms with van der Waals surface area (Å²) in [4.78, 5) is 4.40. The van der Waals surface area contributed by atoms with Gasteiger partial charge in [-0.3, -0.25) is 0 Å². The van der Waals surface area contributed by atoms with Gasteiger partial charge < -0.3 is 5.32 Å². The third-order valence-electron chi connectivity index (χ3n) is 3.48. The monoisotopic (exact) mass is 274 g/mol. The highest BCUT2D eigenvalue weighted by Crippen LogP contribution is 2.23. The summed E-state index contributed by atoms with van der Waals surface area (Å²) >= 11 is 1.71. The summed E-state index contributed by atoms with van der Waals surface area (Å²) in [6.07, 6.45) is 3.01. The third kappa shape index (κ3) is 3.88. The van der Waals surface area contributed by atoms with Gasteiger partial charge in [0.2, 0.25) is 0 Å². The van der Waals surface area contributed by atoms with E-state index in [0.29, 0.717) is 5.92 Å². The average molecular weight is 274 g/mol. The molecule has 1 aromatic carbocycles. The van der Waals surface area contributed by atoms with Gasteiger partial charge in [-0.2, -0.15) is 0 Å². The standard InChI is InChI=1S/C16H22N2S/c1-13(14-7-5-4-6-8-14)9-10-18-16(2,3)15-17-11-12-19-15/h4-8,11-13,18H,9-10H2,1-3H3. The van der Waals surface area contributed by atoms with Crippen LogP contribution in [-0.2, 0) is 5.54 Å². The molecule has 1 unspecified atom stereocenters. The van der Waals surface area contributed by atoms with Crippen LogP contribution in [0.2, 0.25) is 0 Å². The van der Waals surface area contributed by atoms with Crippen molar-refractivity contribution in [1.82, 2.24) is 10.3 Å². The molecule has 0 fully saturated rings. The maximum atomic E-state index is 4.40. The molecule has 1 atom stereocenters. The van der Waals surface area contributed by atoms with Crippen molar-refractivity contribution in [2.45, 2.75) is 38.6 Å². The van der Waals surface area contributed by atoms with Gasteiger partial charge in [0.1, 0.15) is 5.01 Å². The van der Waals surface area contributed by atoms with Crippen LogP contribution >= 0.6 is 11.3 Å². The summed E-state index contributed by atoms with van der Waals surface area (Å²) in [7, 11) is 0. The fraction of sp³-hybridized carbons (Fsp3) is 0.438. The van der Waals surface area contributed by atoms with E-state index in [1.807, 2.05) is 11.6 Å². The van der Waals surface area contributed by atoms with Crippen molar-refractivity contribution in [2.24, 2.45) is 0 Å². The molecule has 1 heterocycles. The van der Waals surface area contributed by atoms with E-state index in [0.717, 1.165) is 18.0 Å². The first-order valence-electron chi connectivity index (χ1n) is 6.79. The molecule has 0 aliphatic rings. The fourth-order valence-electron chi connectivity index (χ4n) is 2.16. The molecule has 0 aliphatic heterocycles. The Morgan fingerprint density at radius 1 is 1.26 bits per heavy atom. The van der Waals surface area contributed by atoms with Crippen LogP contribution in [0.25, 0.3) is 0 Å². The number of nitrogens with one attached hydrogen (secondary N) is 1. The minimum absolute atomic E-state index is 0.0371. The minimum Gasteiger partial charge on any atom is -0.306 e. The average Bonchev–Trinajstić information content (AvgIpc) is 2.94. The Hall–Kier alpha value is -1.19. The molecule has 0 amide bonds. The van der Waals surface area contributed by atoms with Gasteiger partial charge in [-0.25, -0.2) is 4.98 Å². The highest BCUT2D eigenvalue weighted by Gasteiger charge is 2.22. The molecule has 0 radical (unpaired) electrons. The van der Waals surface area contributed by atoms with E-state index in [4.69, 9.17) is 0 Å². The molecule has 1 N–H and O–H groups in total. The molecule has 0 bridgehead atoms. The van der Waals surface area contributed by atoms with Gasteiger partial charge in [0, 0.05) is 11.6 Å². The SMILES string of the molecule is CC(CCNC(C)(C)c1nccs1)c1ccccc1. The zero-order valence-electron chi connectivity index (χ0n) is 11.9. The van der Waals surface area contributed by atoms with Gasteiger partial charge in [-0.15, -0.1) is 11.3 Å². The lowest BCUT2D eigenvalue weighted by Gasteiger charge is -2.25. The second kappa shape index (κ2) is 6.31. The maximum Gasteiger partial charge on any atom is 0.112 e. The third-order valence-corrected chi connectivity index (χ3v) is 4.58. The first-order valence-corrected chi connectivity index (χ1v) is 7.67. The Balaban J connectivity index is 1.84. The van der Waals surface area contributed by atoms with Crippen LogP contribution in [0.3, 0.4) is 0 Å². The van der Waals surface area contributed by atoms with Crippen LogP contribution in [0.15, 0.2) is 41.9 Å². The molecule has 2 rings (SSSR count). The van der Waals surface area contributed by atoms with Crippen molar-refractivity contribution in [1.29, 1.82) is 0 Å². The lowest BCUT2D eigenvalue weighted by molar-refractivity contribution is 0.391. The van der Waals surface area contributed by atoms with Crippen LogP contribution in [0, 0.1) is 0 Å². The highest BCUT2D eigenvalue weighted by molar-refractivity contribution is 7.09. The van der Waals surface area contributed by atoms with Crippen LogP contribution in [0.1, 0.15) is 43.7 Å². The Kier molecular flexibility index (Phi) is 4.72. The van der Waals surface area contributed by atoms with E-state index in [9.17, 15) is 0 Å². The van der Waals surface area contributed by atoms with Crippen molar-refractivity contribution < 1.29 is 0 Å². The molecule has 3 heteroatoms. The van der Waals surface area contributed by atoms with E-state index in [1.54, 1.807) is 11.3 Å². The molecule has 0 saturated carbocycles. The van der Waals surface area contributed by atoms with Crippen molar-refractivity contribution in [2.75, 3.05) is 6.54 Å². The predicted molar refractivity (Wildman–Crippen MR) is 82.6 cm³/mol. The Labute approximate surface area is 119 Å². The van der Waals surface area contributed by atoms with E-state index < -0.39 is 0 Å². The smallest absolute Gasteiger partial charge is 0.112 e. The molecule has 0 spiro atoms. The van der Waals surface area contributed by atoms with Crippen LogP contribution in [0.4, 0.5) is 0 Å². The summed E-state index contributed by atoms with van der Waals surface area (Å²) in [6.45, 7) is 7.67. The Morgan fingerprint density at radius 2 is 2.00 bits per heavy atom. The molecule has 102 valence electrons. The van der Waals surface area contributed by atoms with Crippen molar-refractivity contribution in [3.05, 3.63) is 52.5 Å². The fourth-order valence-corrected chi connectivity index (χ4v) is 2.90. The minimum atomic E-state index is -0.0371. The zero-order chi connectivity index (χ0) is 13.7. The van der Waals surface area contributed by atoms with Crippen LogP contribution in [-0.4, -0.2) is 11.5 Å². The second-order valence-corrected chi connectivity index (χ2v) is 6.38. The number of hydrogen-bond donors (Lipinski definition) is 1. The summed E-state index contributed by atoms with van der Waals surface area (Å²) < 4.78 is 0. The van der Waals surface area contributed by atoms with E-state index >= 15 is 0 Å². The highest BCUT2D eigenvalue weighted by atomic mass is 32.1. The summed E-state index contributed by atoms with van der Waals surface area (Å²) in [5.41, 5.74) is 1.38. The molecule has 0 saturated heterocycles. The molecule has 19 heavy (non-hydrogen) atoms. The Morgan fingerprint density at radius 3 is 2.63 bits per heavy atom. The van der Waals surface area contributed by atoms with Gasteiger partial charge in [0.05, 0.1) is 5.54 Å². The van der Waals surface area contributed by atoms with Gasteiger partial charge in [-0.1, -0.05) is 37.3 Å². The largest absolute Gasteiger partial charge is 0.306 e. The van der Waals surface area contributed by atoms with Crippen molar-refractivity contribution in [3.8, 4) is 0 Å². The van der Waals surface area contributed by atoms with E-state index in [2.05, 4.69) is 61.4 Å². The molecule has 2 aromatic rings. The van der Waals surface area contributed by atoms with Gasteiger partial charge in [0.25, 0.3) is 0 Å². The van der Waals surface area contributed by atoms with Gasteiger partial charge in [-0.05, 0) is 38.3 Å². The van der Waals surface area contributed by atoms with Crippen LogP contribution in [0.5, 0.6) is 0 Å². The predicted octanol–water partition coefficient (Wildman–Crippen LogP) is 4.16. The maximum absolute atomic E-state index is 4.40. The molecule has 1 aromatic heterocycles. The first-order chi connectivity index (χ1) is 9.09. The normalized spacial score (nSPS) is 13.4. The quantitative estimate of drug-likeness (QED) is 0.855. The summed E-state index contributed by atoms with van der Waals surface area (Å²) in [5, 5.41) is 6.80. The molecular weight excluding hydrogens is 252 g/mol. The number of nitrogens with zero attached hydrogens (tertiary/aromatic N) is 1. The number of hydrogen-bond acceptors (Lipinski definition) is 3. The Bertz CT molecular complexity index is 477. The van der Waals surface area contributed by atoms with Crippen LogP contribution < -0.4 is 5.32 Å². The van der Waals surface area contributed by atoms with E-state index in [1.165, 1.54) is 5.56 Å². The van der Waals surface area contributed by atoms with Crippen molar-refractivity contribution >= 4 is 11.3 Å². The molecule has 0 aliphatic carbocycles. The number of rotatable bonds is 6. The lowest BCUT2D eigenvalue weighted by atomic mass is 9.97. The van der Waals surface area contributed by atoms with Gasteiger partial charge >= 0.3 is 0 Å². The summed E-state index contributed by atoms with van der Waals surface area (Å²) in [6, 6.07) is 10.7. The number of thiazole rings is 1. The molecule has 2 nitrogen and oxygen atoms in total. The molecular formula is C16H22N2S.